The summed E-state index contributed by atoms with van der Waals surface area (Å²) in [6, 6.07) is 3.88. The van der Waals surface area contributed by atoms with Gasteiger partial charge in [0.05, 0.1) is 6.21 Å². The summed E-state index contributed by atoms with van der Waals surface area (Å²) in [6.45, 7) is 1.90. The number of anilines is 1. The van der Waals surface area contributed by atoms with Crippen LogP contribution in [-0.4, -0.2) is 30.1 Å². The van der Waals surface area contributed by atoms with Gasteiger partial charge in [-0.05, 0) is 18.6 Å². The highest BCUT2D eigenvalue weighted by Crippen LogP contribution is 2.29. The van der Waals surface area contributed by atoms with E-state index in [0.29, 0.717) is 0 Å². The fourth-order valence-electron chi connectivity index (χ4n) is 1.77. The zero-order valence-electron chi connectivity index (χ0n) is 7.72. The van der Waals surface area contributed by atoms with Crippen molar-refractivity contribution in [2.45, 2.75) is 6.42 Å². The molecule has 70 valence electrons. The van der Waals surface area contributed by atoms with Crippen LogP contribution >= 0.6 is 0 Å². The third-order valence-corrected chi connectivity index (χ3v) is 2.43. The third kappa shape index (κ3) is 1.04. The van der Waals surface area contributed by atoms with Gasteiger partial charge in [0.1, 0.15) is 11.5 Å². The first-order valence-electron chi connectivity index (χ1n) is 4.76. The van der Waals surface area contributed by atoms with Crippen LogP contribution in [0.25, 0.3) is 0 Å². The lowest BCUT2D eigenvalue weighted by Crippen LogP contribution is -2.38. The minimum Gasteiger partial charge on any atom is -0.308 e. The van der Waals surface area contributed by atoms with E-state index in [4.69, 9.17) is 0 Å². The number of nitrogens with zero attached hydrogens (tertiary/aromatic N) is 4. The van der Waals surface area contributed by atoms with Crippen LogP contribution in [0.4, 0.5) is 11.5 Å². The van der Waals surface area contributed by atoms with E-state index in [-0.39, 0.29) is 0 Å². The van der Waals surface area contributed by atoms with Gasteiger partial charge in [0.2, 0.25) is 0 Å². The highest BCUT2D eigenvalue weighted by atomic mass is 15.3. The van der Waals surface area contributed by atoms with Gasteiger partial charge in [-0.2, -0.15) is 0 Å². The molecule has 0 fully saturated rings. The molecule has 0 aliphatic carbocycles. The predicted molar refractivity (Wildman–Crippen MR) is 56.7 cm³/mol. The fourth-order valence-corrected chi connectivity index (χ4v) is 1.77. The summed E-state index contributed by atoms with van der Waals surface area (Å²) in [5.74, 6) is 1.89. The molecule has 1 aromatic heterocycles. The van der Waals surface area contributed by atoms with Crippen LogP contribution in [0.3, 0.4) is 0 Å². The first-order chi connectivity index (χ1) is 6.95. The molecule has 0 amide bonds. The average molecular weight is 186 g/mol. The van der Waals surface area contributed by atoms with Crippen LogP contribution in [0.1, 0.15) is 6.42 Å². The molecular formula is C10H10N4. The number of amidine groups is 1. The summed E-state index contributed by atoms with van der Waals surface area (Å²) in [5, 5.41) is 0. The van der Waals surface area contributed by atoms with Gasteiger partial charge in [0.25, 0.3) is 0 Å². The zero-order chi connectivity index (χ0) is 9.38. The Hall–Kier alpha value is -1.71. The van der Waals surface area contributed by atoms with Crippen molar-refractivity contribution >= 4 is 23.6 Å². The predicted octanol–water partition coefficient (Wildman–Crippen LogP) is 1.41. The zero-order valence-corrected chi connectivity index (χ0v) is 7.72. The summed E-state index contributed by atoms with van der Waals surface area (Å²) in [6.07, 6.45) is 4.71. The van der Waals surface area contributed by atoms with Gasteiger partial charge >= 0.3 is 0 Å². The van der Waals surface area contributed by atoms with Gasteiger partial charge in [-0.1, -0.05) is 0 Å². The second kappa shape index (κ2) is 2.90. The number of hydrogen-bond donors (Lipinski definition) is 0. The SMILES string of the molecule is C1=Nc2cccnc2N2CCCN=C12. The summed E-state index contributed by atoms with van der Waals surface area (Å²) >= 11 is 0. The number of aliphatic imine (C=N–C) groups is 2. The Morgan fingerprint density at radius 2 is 2.36 bits per heavy atom. The van der Waals surface area contributed by atoms with E-state index >= 15 is 0 Å². The van der Waals surface area contributed by atoms with Crippen LogP contribution in [0.5, 0.6) is 0 Å². The standard InChI is InChI=1S/C10H10N4/c1-3-8-10(12-4-1)14-6-2-5-11-9(14)7-13-8/h1,3-4,7H,2,5-6H2. The number of pyridine rings is 1. The van der Waals surface area contributed by atoms with E-state index in [1.165, 1.54) is 0 Å². The van der Waals surface area contributed by atoms with Crippen molar-refractivity contribution < 1.29 is 0 Å². The van der Waals surface area contributed by atoms with E-state index in [1.807, 2.05) is 18.3 Å². The first kappa shape index (κ1) is 7.67. The molecule has 0 saturated heterocycles. The van der Waals surface area contributed by atoms with E-state index in [1.54, 1.807) is 6.20 Å². The number of fused-ring (bicyclic) bond motifs is 3. The molecule has 14 heavy (non-hydrogen) atoms. The Labute approximate surface area is 82.0 Å². The van der Waals surface area contributed by atoms with Crippen molar-refractivity contribution in [2.24, 2.45) is 9.98 Å². The second-order valence-corrected chi connectivity index (χ2v) is 3.35. The number of hydrogen-bond acceptors (Lipinski definition) is 4. The number of rotatable bonds is 0. The fraction of sp³-hybridized carbons (Fsp3) is 0.300. The molecule has 2 aliphatic heterocycles. The van der Waals surface area contributed by atoms with Crippen molar-refractivity contribution in [3.63, 3.8) is 0 Å². The molecule has 0 saturated carbocycles. The van der Waals surface area contributed by atoms with Crippen LogP contribution in [-0.2, 0) is 0 Å². The largest absolute Gasteiger partial charge is 0.308 e. The van der Waals surface area contributed by atoms with Crippen molar-refractivity contribution in [3.8, 4) is 0 Å². The summed E-state index contributed by atoms with van der Waals surface area (Å²) in [5.41, 5.74) is 0.938. The highest BCUT2D eigenvalue weighted by molar-refractivity contribution is 6.37. The third-order valence-electron chi connectivity index (χ3n) is 2.43. The first-order valence-corrected chi connectivity index (χ1v) is 4.76. The lowest BCUT2D eigenvalue weighted by Gasteiger charge is -2.29. The van der Waals surface area contributed by atoms with E-state index in [0.717, 1.165) is 36.9 Å². The molecule has 4 nitrogen and oxygen atoms in total. The molecule has 2 aliphatic rings. The maximum absolute atomic E-state index is 4.40. The lowest BCUT2D eigenvalue weighted by molar-refractivity contribution is 0.787. The molecule has 3 rings (SSSR count). The lowest BCUT2D eigenvalue weighted by atomic mass is 10.2. The maximum Gasteiger partial charge on any atom is 0.160 e. The molecule has 0 aromatic carbocycles. The monoisotopic (exact) mass is 186 g/mol. The van der Waals surface area contributed by atoms with E-state index < -0.39 is 0 Å². The van der Waals surface area contributed by atoms with Gasteiger partial charge in [0.15, 0.2) is 5.82 Å². The Balaban J connectivity index is 2.15. The second-order valence-electron chi connectivity index (χ2n) is 3.35. The Morgan fingerprint density at radius 1 is 1.36 bits per heavy atom. The van der Waals surface area contributed by atoms with Crippen molar-refractivity contribution in [1.29, 1.82) is 0 Å². The molecular weight excluding hydrogens is 176 g/mol. The molecule has 0 N–H and O–H groups in total. The molecule has 3 heterocycles. The van der Waals surface area contributed by atoms with E-state index in [9.17, 15) is 0 Å². The molecule has 0 unspecified atom stereocenters. The minimum absolute atomic E-state index is 0.903. The topological polar surface area (TPSA) is 40.9 Å². The quantitative estimate of drug-likeness (QED) is 0.614. The summed E-state index contributed by atoms with van der Waals surface area (Å²) in [4.78, 5) is 15.2. The molecule has 0 atom stereocenters. The van der Waals surface area contributed by atoms with Crippen molar-refractivity contribution in [3.05, 3.63) is 18.3 Å². The molecule has 0 spiro atoms. The smallest absolute Gasteiger partial charge is 0.160 e. The van der Waals surface area contributed by atoms with E-state index in [2.05, 4.69) is 19.9 Å². The van der Waals surface area contributed by atoms with Crippen LogP contribution < -0.4 is 4.90 Å². The van der Waals surface area contributed by atoms with Crippen LogP contribution in [0.2, 0.25) is 0 Å². The van der Waals surface area contributed by atoms with Gasteiger partial charge in [-0.25, -0.2) is 9.98 Å². The van der Waals surface area contributed by atoms with Crippen molar-refractivity contribution in [1.82, 2.24) is 4.98 Å². The Kier molecular flexibility index (Phi) is 1.59. The number of aromatic nitrogens is 1. The molecule has 4 heteroatoms. The van der Waals surface area contributed by atoms with Crippen LogP contribution in [0.15, 0.2) is 28.3 Å². The molecule has 0 bridgehead atoms. The minimum atomic E-state index is 0.903. The maximum atomic E-state index is 4.40. The van der Waals surface area contributed by atoms with Crippen LogP contribution in [0, 0.1) is 0 Å². The molecule has 0 radical (unpaired) electrons. The average Bonchev–Trinajstić information content (AvgIpc) is 2.29. The Bertz CT molecular complexity index is 422. The Morgan fingerprint density at radius 3 is 3.36 bits per heavy atom. The van der Waals surface area contributed by atoms with Gasteiger partial charge in [-0.3, -0.25) is 4.99 Å². The van der Waals surface area contributed by atoms with Gasteiger partial charge in [-0.15, -0.1) is 0 Å². The summed E-state index contributed by atoms with van der Waals surface area (Å²) < 4.78 is 0. The van der Waals surface area contributed by atoms with Gasteiger partial charge < -0.3 is 4.90 Å². The normalized spacial score (nSPS) is 18.6. The van der Waals surface area contributed by atoms with Crippen molar-refractivity contribution in [2.75, 3.05) is 18.0 Å². The molecule has 1 aromatic rings. The highest BCUT2D eigenvalue weighted by Gasteiger charge is 2.22. The van der Waals surface area contributed by atoms with Gasteiger partial charge in [0, 0.05) is 19.3 Å². The summed E-state index contributed by atoms with van der Waals surface area (Å²) in [7, 11) is 0.